The first-order valence-electron chi connectivity index (χ1n) is 5.23. The number of nitrogens with one attached hydrogen (secondary N) is 2. The highest BCUT2D eigenvalue weighted by atomic mass is 19.1. The van der Waals surface area contributed by atoms with Gasteiger partial charge in [0.05, 0.1) is 0 Å². The Labute approximate surface area is 98.2 Å². The fourth-order valence-electron chi connectivity index (χ4n) is 1.50. The first-order valence-corrected chi connectivity index (χ1v) is 5.23. The van der Waals surface area contributed by atoms with E-state index < -0.39 is 23.7 Å². The largest absolute Gasteiger partial charge is 0.352 e. The second-order valence-corrected chi connectivity index (χ2v) is 3.60. The van der Waals surface area contributed by atoms with Crippen LogP contribution in [0.5, 0.6) is 0 Å². The van der Waals surface area contributed by atoms with E-state index in [9.17, 15) is 13.6 Å². The number of carbonyl (C=O) groups is 1. The van der Waals surface area contributed by atoms with E-state index in [0.29, 0.717) is 13.1 Å². The molecule has 2 amide bonds. The zero-order valence-electron chi connectivity index (χ0n) is 9.47. The summed E-state index contributed by atoms with van der Waals surface area (Å²) >= 11 is 0. The van der Waals surface area contributed by atoms with Gasteiger partial charge in [-0.1, -0.05) is 6.07 Å². The molecule has 1 aromatic rings. The van der Waals surface area contributed by atoms with Gasteiger partial charge in [0.15, 0.2) is 0 Å². The maximum Gasteiger partial charge on any atom is 0.312 e. The Bertz CT molecular complexity index is 378. The van der Waals surface area contributed by atoms with E-state index in [0.717, 1.165) is 0 Å². The van der Waals surface area contributed by atoms with Crippen LogP contribution in [0.4, 0.5) is 13.6 Å². The van der Waals surface area contributed by atoms with E-state index in [1.165, 1.54) is 18.2 Å². The zero-order chi connectivity index (χ0) is 12.8. The molecule has 0 fully saturated rings. The molecule has 1 aromatic carbocycles. The number of rotatable bonds is 5. The average molecular weight is 243 g/mol. The van der Waals surface area contributed by atoms with Gasteiger partial charge in [-0.3, -0.25) is 0 Å². The predicted molar refractivity (Wildman–Crippen MR) is 60.4 cm³/mol. The van der Waals surface area contributed by atoms with Gasteiger partial charge in [-0.2, -0.15) is 0 Å². The summed E-state index contributed by atoms with van der Waals surface area (Å²) in [5.74, 6) is -1.18. The van der Waals surface area contributed by atoms with E-state index in [1.807, 2.05) is 0 Å². The van der Waals surface area contributed by atoms with Gasteiger partial charge < -0.3 is 16.4 Å². The molecule has 0 bridgehead atoms. The lowest BCUT2D eigenvalue weighted by Gasteiger charge is -2.15. The minimum absolute atomic E-state index is 0.00780. The van der Waals surface area contributed by atoms with Gasteiger partial charge in [-0.25, -0.2) is 13.6 Å². The molecule has 0 aromatic heterocycles. The van der Waals surface area contributed by atoms with Crippen LogP contribution < -0.4 is 16.4 Å². The second kappa shape index (κ2) is 6.15. The molecule has 1 rings (SSSR count). The normalized spacial score (nSPS) is 12.2. The van der Waals surface area contributed by atoms with Crippen molar-refractivity contribution in [1.82, 2.24) is 10.6 Å². The highest BCUT2D eigenvalue weighted by Gasteiger charge is 2.14. The average Bonchev–Trinajstić information content (AvgIpc) is 2.24. The molecule has 0 spiro atoms. The van der Waals surface area contributed by atoms with Crippen LogP contribution in [0.2, 0.25) is 0 Å². The van der Waals surface area contributed by atoms with Gasteiger partial charge in [0.2, 0.25) is 0 Å². The summed E-state index contributed by atoms with van der Waals surface area (Å²) in [4.78, 5) is 10.4. The molecule has 1 atom stereocenters. The molecule has 0 aliphatic carbocycles. The Morgan fingerprint density at radius 1 is 1.35 bits per heavy atom. The van der Waals surface area contributed by atoms with E-state index in [1.54, 1.807) is 6.92 Å². The number of hydrogen-bond acceptors (Lipinski definition) is 2. The molecule has 0 heterocycles. The maximum atomic E-state index is 13.4. The van der Waals surface area contributed by atoms with Crippen molar-refractivity contribution in [3.05, 3.63) is 35.4 Å². The van der Waals surface area contributed by atoms with Crippen molar-refractivity contribution in [2.75, 3.05) is 13.1 Å². The lowest BCUT2D eigenvalue weighted by Crippen LogP contribution is -2.36. The molecule has 94 valence electrons. The number of nitrogens with two attached hydrogens (primary N) is 1. The Hall–Kier alpha value is -1.69. The number of hydrogen-bond donors (Lipinski definition) is 3. The zero-order valence-corrected chi connectivity index (χ0v) is 9.47. The Kier molecular flexibility index (Phi) is 4.84. The Morgan fingerprint density at radius 2 is 1.94 bits per heavy atom. The molecule has 1 unspecified atom stereocenters. The summed E-state index contributed by atoms with van der Waals surface area (Å²) in [6.07, 6.45) is 0. The van der Waals surface area contributed by atoms with Crippen molar-refractivity contribution in [3.63, 3.8) is 0 Å². The van der Waals surface area contributed by atoms with Crippen LogP contribution in [0.1, 0.15) is 18.5 Å². The van der Waals surface area contributed by atoms with Crippen molar-refractivity contribution in [2.24, 2.45) is 5.73 Å². The fourth-order valence-corrected chi connectivity index (χ4v) is 1.50. The van der Waals surface area contributed by atoms with Gasteiger partial charge in [-0.15, -0.1) is 0 Å². The topological polar surface area (TPSA) is 67.2 Å². The van der Waals surface area contributed by atoms with Gasteiger partial charge in [-0.05, 0) is 19.1 Å². The van der Waals surface area contributed by atoms with E-state index >= 15 is 0 Å². The van der Waals surface area contributed by atoms with E-state index in [4.69, 9.17) is 5.73 Å². The molecule has 6 heteroatoms. The van der Waals surface area contributed by atoms with Gasteiger partial charge in [0.1, 0.15) is 11.6 Å². The highest BCUT2D eigenvalue weighted by Crippen LogP contribution is 2.19. The third kappa shape index (κ3) is 3.99. The standard InChI is InChI=1S/C11H15F2N3O/c1-7(15-5-6-16-11(14)17)10-8(12)3-2-4-9(10)13/h2-4,7,15H,5-6H2,1H3,(H3,14,16,17). The van der Waals surface area contributed by atoms with Crippen molar-refractivity contribution >= 4 is 6.03 Å². The van der Waals surface area contributed by atoms with Crippen LogP contribution in [-0.4, -0.2) is 19.1 Å². The summed E-state index contributed by atoms with van der Waals surface area (Å²) in [6, 6.07) is 2.62. The van der Waals surface area contributed by atoms with Crippen molar-refractivity contribution in [3.8, 4) is 0 Å². The molecule has 0 radical (unpaired) electrons. The van der Waals surface area contributed by atoms with Crippen molar-refractivity contribution in [2.45, 2.75) is 13.0 Å². The maximum absolute atomic E-state index is 13.4. The first-order chi connectivity index (χ1) is 8.02. The molecule has 0 saturated carbocycles. The van der Waals surface area contributed by atoms with Gasteiger partial charge in [0.25, 0.3) is 0 Å². The lowest BCUT2D eigenvalue weighted by molar-refractivity contribution is 0.249. The summed E-state index contributed by atoms with van der Waals surface area (Å²) in [5, 5.41) is 5.26. The number of benzene rings is 1. The van der Waals surface area contributed by atoms with Crippen LogP contribution in [0, 0.1) is 11.6 Å². The smallest absolute Gasteiger partial charge is 0.312 e. The van der Waals surface area contributed by atoms with E-state index in [2.05, 4.69) is 10.6 Å². The summed E-state index contributed by atoms with van der Waals surface area (Å²) in [5.41, 5.74) is 4.86. The molecule has 17 heavy (non-hydrogen) atoms. The summed E-state index contributed by atoms with van der Waals surface area (Å²) in [7, 11) is 0. The van der Waals surface area contributed by atoms with Crippen LogP contribution >= 0.6 is 0 Å². The fraction of sp³-hybridized carbons (Fsp3) is 0.364. The van der Waals surface area contributed by atoms with E-state index in [-0.39, 0.29) is 5.56 Å². The third-order valence-corrected chi connectivity index (χ3v) is 2.31. The monoisotopic (exact) mass is 243 g/mol. The van der Waals surface area contributed by atoms with Crippen LogP contribution in [0.25, 0.3) is 0 Å². The minimum atomic E-state index is -0.628. The molecule has 0 aliphatic heterocycles. The first kappa shape index (κ1) is 13.4. The highest BCUT2D eigenvalue weighted by molar-refractivity contribution is 5.71. The number of halogens is 2. The third-order valence-electron chi connectivity index (χ3n) is 2.31. The Morgan fingerprint density at radius 3 is 2.47 bits per heavy atom. The summed E-state index contributed by atoms with van der Waals surface area (Å²) < 4.78 is 26.7. The van der Waals surface area contributed by atoms with Gasteiger partial charge >= 0.3 is 6.03 Å². The minimum Gasteiger partial charge on any atom is -0.352 e. The molecular weight excluding hydrogens is 228 g/mol. The number of carbonyl (C=O) groups excluding carboxylic acids is 1. The molecule has 4 N–H and O–H groups in total. The Balaban J connectivity index is 2.52. The second-order valence-electron chi connectivity index (χ2n) is 3.60. The SMILES string of the molecule is CC(NCCNC(N)=O)c1c(F)cccc1F. The van der Waals surface area contributed by atoms with Crippen molar-refractivity contribution < 1.29 is 13.6 Å². The molecule has 0 aliphatic rings. The summed E-state index contributed by atoms with van der Waals surface area (Å²) in [6.45, 7) is 2.32. The number of primary amides is 1. The van der Waals surface area contributed by atoms with Crippen molar-refractivity contribution in [1.29, 1.82) is 0 Å². The van der Waals surface area contributed by atoms with Crippen LogP contribution in [0.3, 0.4) is 0 Å². The quantitative estimate of drug-likeness (QED) is 0.682. The molecule has 0 saturated heterocycles. The lowest BCUT2D eigenvalue weighted by atomic mass is 10.1. The van der Waals surface area contributed by atoms with Crippen LogP contribution in [0.15, 0.2) is 18.2 Å². The molecule has 4 nitrogen and oxygen atoms in total. The number of amides is 2. The number of urea groups is 1. The predicted octanol–water partition coefficient (Wildman–Crippen LogP) is 1.28. The van der Waals surface area contributed by atoms with Crippen LogP contribution in [-0.2, 0) is 0 Å². The molecular formula is C11H15F2N3O. The van der Waals surface area contributed by atoms with Gasteiger partial charge in [0, 0.05) is 24.7 Å².